The quantitative estimate of drug-likeness (QED) is 0.677. The number of aromatic nitrogens is 2. The van der Waals surface area contributed by atoms with E-state index < -0.39 is 29.1 Å². The van der Waals surface area contributed by atoms with Crippen LogP contribution in [-0.2, 0) is 4.74 Å². The molecule has 0 bridgehead atoms. The Hall–Kier alpha value is -3.55. The molecule has 0 aliphatic carbocycles. The maximum absolute atomic E-state index is 13.8. The topological polar surface area (TPSA) is 73.2 Å². The molecule has 0 aliphatic heterocycles. The van der Waals surface area contributed by atoms with Crippen molar-refractivity contribution in [2.75, 3.05) is 11.9 Å². The number of benzene rings is 2. The third-order valence-electron chi connectivity index (χ3n) is 4.04. The Bertz CT molecular complexity index is 1030. The van der Waals surface area contributed by atoms with Crippen molar-refractivity contribution in [2.24, 2.45) is 0 Å². The van der Waals surface area contributed by atoms with Crippen LogP contribution in [0.15, 0.2) is 48.7 Å². The highest BCUT2D eigenvalue weighted by molar-refractivity contribution is 6.04. The van der Waals surface area contributed by atoms with Crippen LogP contribution in [-0.4, -0.2) is 28.3 Å². The van der Waals surface area contributed by atoms with Gasteiger partial charge in [-0.1, -0.05) is 12.1 Å². The first-order valence-electron chi connectivity index (χ1n) is 8.50. The van der Waals surface area contributed by atoms with Crippen LogP contribution < -0.4 is 5.32 Å². The summed E-state index contributed by atoms with van der Waals surface area (Å²) >= 11 is 0. The molecular weight excluding hydrogens is 368 g/mol. The van der Waals surface area contributed by atoms with E-state index in [-0.39, 0.29) is 6.61 Å². The van der Waals surface area contributed by atoms with Gasteiger partial charge in [0.1, 0.15) is 22.8 Å². The minimum absolute atomic E-state index is 0.248. The van der Waals surface area contributed by atoms with Crippen molar-refractivity contribution in [2.45, 2.75) is 13.8 Å². The number of nitrogens with one attached hydrogen (secondary N) is 1. The van der Waals surface area contributed by atoms with Gasteiger partial charge >= 0.3 is 5.97 Å². The van der Waals surface area contributed by atoms with Gasteiger partial charge in [0.15, 0.2) is 0 Å². The van der Waals surface area contributed by atoms with E-state index in [1.807, 2.05) is 0 Å². The first-order chi connectivity index (χ1) is 13.4. The summed E-state index contributed by atoms with van der Waals surface area (Å²) in [4.78, 5) is 24.2. The van der Waals surface area contributed by atoms with Gasteiger partial charge in [-0.05, 0) is 44.2 Å². The molecular formula is C20H17F2N3O3. The van der Waals surface area contributed by atoms with Crippen LogP contribution in [0, 0.1) is 18.6 Å². The van der Waals surface area contributed by atoms with E-state index >= 15 is 0 Å². The number of esters is 1. The average molecular weight is 385 g/mol. The smallest absolute Gasteiger partial charge is 0.341 e. The van der Waals surface area contributed by atoms with Crippen molar-refractivity contribution in [3.05, 3.63) is 77.1 Å². The van der Waals surface area contributed by atoms with E-state index in [2.05, 4.69) is 10.4 Å². The Balaban J connectivity index is 1.87. The number of halogens is 2. The van der Waals surface area contributed by atoms with Crippen molar-refractivity contribution < 1.29 is 23.1 Å². The van der Waals surface area contributed by atoms with Gasteiger partial charge in [0.05, 0.1) is 24.2 Å². The summed E-state index contributed by atoms with van der Waals surface area (Å²) in [5, 5.41) is 6.65. The van der Waals surface area contributed by atoms with Gasteiger partial charge in [0.2, 0.25) is 0 Å². The lowest BCUT2D eigenvalue weighted by Crippen LogP contribution is -2.16. The Kier molecular flexibility index (Phi) is 5.49. The van der Waals surface area contributed by atoms with E-state index in [0.717, 1.165) is 12.1 Å². The molecule has 3 aromatic rings. The zero-order valence-electron chi connectivity index (χ0n) is 15.2. The molecule has 0 saturated heterocycles. The number of anilines is 1. The predicted octanol–water partition coefficient (Wildman–Crippen LogP) is 3.89. The van der Waals surface area contributed by atoms with E-state index in [1.165, 1.54) is 16.9 Å². The Morgan fingerprint density at radius 3 is 2.50 bits per heavy atom. The van der Waals surface area contributed by atoms with Gasteiger partial charge in [-0.3, -0.25) is 4.79 Å². The fraction of sp³-hybridized carbons (Fsp3) is 0.150. The lowest BCUT2D eigenvalue weighted by molar-refractivity contribution is 0.0525. The van der Waals surface area contributed by atoms with Crippen LogP contribution in [0.3, 0.4) is 0 Å². The summed E-state index contributed by atoms with van der Waals surface area (Å²) in [6.07, 6.45) is 1.40. The highest BCUT2D eigenvalue weighted by Gasteiger charge is 2.18. The zero-order chi connectivity index (χ0) is 20.3. The van der Waals surface area contributed by atoms with Gasteiger partial charge in [0.25, 0.3) is 5.91 Å². The number of carbonyl (C=O) groups excluding carboxylic acids is 2. The molecule has 2 aromatic carbocycles. The summed E-state index contributed by atoms with van der Waals surface area (Å²) in [5.41, 5.74) is 1.09. The Morgan fingerprint density at radius 2 is 1.82 bits per heavy atom. The maximum atomic E-state index is 13.8. The van der Waals surface area contributed by atoms with E-state index in [9.17, 15) is 18.4 Å². The molecule has 0 unspecified atom stereocenters. The van der Waals surface area contributed by atoms with Crippen LogP contribution in [0.1, 0.15) is 33.3 Å². The number of rotatable bonds is 5. The number of amides is 1. The standard InChI is InChI=1S/C20H17F2N3O3/c1-3-28-20(27)15-11-23-25(12(15)2)14-7-4-6-13(10-14)24-19(26)18-16(21)8-5-9-17(18)22/h4-11H,3H2,1-2H3,(H,24,26). The highest BCUT2D eigenvalue weighted by atomic mass is 19.1. The molecule has 6 nitrogen and oxygen atoms in total. The van der Waals surface area contributed by atoms with Crippen molar-refractivity contribution in [1.82, 2.24) is 9.78 Å². The normalized spacial score (nSPS) is 10.6. The van der Waals surface area contributed by atoms with Crippen molar-refractivity contribution >= 4 is 17.6 Å². The molecule has 0 atom stereocenters. The van der Waals surface area contributed by atoms with Crippen molar-refractivity contribution in [3.8, 4) is 5.69 Å². The molecule has 0 aliphatic rings. The second-order valence-corrected chi connectivity index (χ2v) is 5.88. The highest BCUT2D eigenvalue weighted by Crippen LogP contribution is 2.20. The van der Waals surface area contributed by atoms with Gasteiger partial charge in [0, 0.05) is 5.69 Å². The fourth-order valence-electron chi connectivity index (χ4n) is 2.70. The first kappa shape index (κ1) is 19.2. The monoisotopic (exact) mass is 385 g/mol. The summed E-state index contributed by atoms with van der Waals surface area (Å²) in [6, 6.07) is 9.72. The largest absolute Gasteiger partial charge is 0.462 e. The second-order valence-electron chi connectivity index (χ2n) is 5.88. The molecule has 1 aromatic heterocycles. The molecule has 1 heterocycles. The molecule has 0 saturated carbocycles. The third kappa shape index (κ3) is 3.75. The van der Waals surface area contributed by atoms with Gasteiger partial charge in [-0.15, -0.1) is 0 Å². The molecule has 144 valence electrons. The van der Waals surface area contributed by atoms with Crippen LogP contribution in [0.2, 0.25) is 0 Å². The third-order valence-corrected chi connectivity index (χ3v) is 4.04. The van der Waals surface area contributed by atoms with Crippen LogP contribution in [0.5, 0.6) is 0 Å². The summed E-state index contributed by atoms with van der Waals surface area (Å²) < 4.78 is 34.1. The molecule has 0 radical (unpaired) electrons. The van der Waals surface area contributed by atoms with Crippen molar-refractivity contribution in [3.63, 3.8) is 0 Å². The zero-order valence-corrected chi connectivity index (χ0v) is 15.2. The second kappa shape index (κ2) is 7.99. The molecule has 0 spiro atoms. The van der Waals surface area contributed by atoms with Crippen LogP contribution in [0.25, 0.3) is 5.69 Å². The molecule has 28 heavy (non-hydrogen) atoms. The number of hydrogen-bond acceptors (Lipinski definition) is 4. The average Bonchev–Trinajstić information content (AvgIpc) is 3.03. The number of nitrogens with zero attached hydrogens (tertiary/aromatic N) is 2. The lowest BCUT2D eigenvalue weighted by Gasteiger charge is -2.10. The minimum Gasteiger partial charge on any atom is -0.462 e. The molecule has 3 rings (SSSR count). The number of hydrogen-bond donors (Lipinski definition) is 1. The number of ether oxygens (including phenoxy) is 1. The SMILES string of the molecule is CCOC(=O)c1cnn(-c2cccc(NC(=O)c3c(F)cccc3F)c2)c1C. The Labute approximate surface area is 159 Å². The predicted molar refractivity (Wildman–Crippen MR) is 98.6 cm³/mol. The molecule has 8 heteroatoms. The van der Waals surface area contributed by atoms with Crippen LogP contribution >= 0.6 is 0 Å². The van der Waals surface area contributed by atoms with Crippen molar-refractivity contribution in [1.29, 1.82) is 0 Å². The molecule has 0 fully saturated rings. The summed E-state index contributed by atoms with van der Waals surface area (Å²) in [7, 11) is 0. The van der Waals surface area contributed by atoms with Gasteiger partial charge < -0.3 is 10.1 Å². The van der Waals surface area contributed by atoms with E-state index in [1.54, 1.807) is 38.1 Å². The maximum Gasteiger partial charge on any atom is 0.341 e. The summed E-state index contributed by atoms with van der Waals surface area (Å²) in [5.74, 6) is -3.28. The Morgan fingerprint density at radius 1 is 1.14 bits per heavy atom. The minimum atomic E-state index is -0.948. The molecule has 1 N–H and O–H groups in total. The van der Waals surface area contributed by atoms with Gasteiger partial charge in [-0.2, -0.15) is 5.10 Å². The van der Waals surface area contributed by atoms with E-state index in [0.29, 0.717) is 22.6 Å². The lowest BCUT2D eigenvalue weighted by atomic mass is 10.1. The first-order valence-corrected chi connectivity index (χ1v) is 8.50. The molecule has 1 amide bonds. The summed E-state index contributed by atoms with van der Waals surface area (Å²) in [6.45, 7) is 3.67. The van der Waals surface area contributed by atoms with E-state index in [4.69, 9.17) is 4.74 Å². The fourth-order valence-corrected chi connectivity index (χ4v) is 2.70. The van der Waals surface area contributed by atoms with Gasteiger partial charge in [-0.25, -0.2) is 18.3 Å². The number of carbonyl (C=O) groups is 2. The van der Waals surface area contributed by atoms with Crippen LogP contribution in [0.4, 0.5) is 14.5 Å².